The van der Waals surface area contributed by atoms with Crippen molar-refractivity contribution in [1.29, 1.82) is 0 Å². The predicted octanol–water partition coefficient (Wildman–Crippen LogP) is 1.25. The Labute approximate surface area is 125 Å². The first kappa shape index (κ1) is 16.7. The number of aromatic nitrogens is 1. The molecule has 0 bridgehead atoms. The van der Waals surface area contributed by atoms with Crippen LogP contribution >= 0.6 is 11.3 Å². The van der Waals surface area contributed by atoms with Crippen LogP contribution in [0.3, 0.4) is 0 Å². The maximum atomic E-state index is 12.1. The zero-order chi connectivity index (χ0) is 15.3. The van der Waals surface area contributed by atoms with Gasteiger partial charge >= 0.3 is 0 Å². The van der Waals surface area contributed by atoms with Crippen LogP contribution < -0.4 is 16.0 Å². The van der Waals surface area contributed by atoms with Gasteiger partial charge in [0, 0.05) is 26.2 Å². The quantitative estimate of drug-likeness (QED) is 0.792. The Morgan fingerprint density at radius 3 is 2.65 bits per heavy atom. The number of hydrogen-bond donors (Lipinski definition) is 2. The Balaban J connectivity index is 2.69. The highest BCUT2D eigenvalue weighted by Gasteiger charge is 2.18. The molecule has 7 heteroatoms. The van der Waals surface area contributed by atoms with Gasteiger partial charge in [-0.1, -0.05) is 18.3 Å². The van der Waals surface area contributed by atoms with E-state index in [-0.39, 0.29) is 11.9 Å². The SMILES string of the molecule is CCCN(C)c1nc(N)c(C(=O)NCC(C)N(C)C)s1. The van der Waals surface area contributed by atoms with Crippen LogP contribution in [0.5, 0.6) is 0 Å². The first-order valence-corrected chi connectivity index (χ1v) is 7.60. The van der Waals surface area contributed by atoms with E-state index in [0.717, 1.165) is 18.1 Å². The normalized spacial score (nSPS) is 12.5. The summed E-state index contributed by atoms with van der Waals surface area (Å²) in [6.07, 6.45) is 1.03. The molecular weight excluding hydrogens is 274 g/mol. The number of amides is 1. The van der Waals surface area contributed by atoms with Gasteiger partial charge in [-0.2, -0.15) is 0 Å². The van der Waals surface area contributed by atoms with Crippen molar-refractivity contribution in [2.24, 2.45) is 0 Å². The summed E-state index contributed by atoms with van der Waals surface area (Å²) in [5, 5.41) is 3.68. The molecule has 1 amide bonds. The number of carbonyl (C=O) groups is 1. The number of nitrogens with two attached hydrogens (primary N) is 1. The minimum absolute atomic E-state index is 0.148. The van der Waals surface area contributed by atoms with E-state index in [1.807, 2.05) is 26.0 Å². The number of nitrogens with one attached hydrogen (secondary N) is 1. The molecule has 0 aliphatic heterocycles. The van der Waals surface area contributed by atoms with Crippen LogP contribution in [-0.4, -0.2) is 56.1 Å². The molecule has 1 atom stereocenters. The molecule has 20 heavy (non-hydrogen) atoms. The maximum absolute atomic E-state index is 12.1. The molecule has 0 radical (unpaired) electrons. The molecular formula is C13H25N5OS. The van der Waals surface area contributed by atoms with Crippen LogP contribution in [-0.2, 0) is 0 Å². The monoisotopic (exact) mass is 299 g/mol. The second-order valence-corrected chi connectivity index (χ2v) is 6.13. The van der Waals surface area contributed by atoms with E-state index in [4.69, 9.17) is 5.73 Å². The number of likely N-dealkylation sites (N-methyl/N-ethyl adjacent to an activating group) is 1. The van der Waals surface area contributed by atoms with E-state index in [9.17, 15) is 4.79 Å². The third-order valence-corrected chi connectivity index (χ3v) is 4.36. The van der Waals surface area contributed by atoms with Crippen LogP contribution in [0.4, 0.5) is 10.9 Å². The lowest BCUT2D eigenvalue weighted by Gasteiger charge is -2.19. The van der Waals surface area contributed by atoms with Crippen molar-refractivity contribution >= 4 is 28.2 Å². The molecule has 0 saturated carbocycles. The van der Waals surface area contributed by atoms with E-state index in [1.54, 1.807) is 0 Å². The van der Waals surface area contributed by atoms with E-state index in [2.05, 4.69) is 29.0 Å². The molecule has 0 fully saturated rings. The van der Waals surface area contributed by atoms with Gasteiger partial charge in [-0.25, -0.2) is 4.98 Å². The summed E-state index contributed by atoms with van der Waals surface area (Å²) in [7, 11) is 5.92. The lowest BCUT2D eigenvalue weighted by Crippen LogP contribution is -2.38. The molecule has 1 rings (SSSR count). The van der Waals surface area contributed by atoms with E-state index < -0.39 is 0 Å². The van der Waals surface area contributed by atoms with Crippen LogP contribution in [0.2, 0.25) is 0 Å². The average Bonchev–Trinajstić information content (AvgIpc) is 2.78. The van der Waals surface area contributed by atoms with Gasteiger partial charge in [-0.3, -0.25) is 4.79 Å². The summed E-state index contributed by atoms with van der Waals surface area (Å²) >= 11 is 1.34. The molecule has 0 spiro atoms. The number of hydrogen-bond acceptors (Lipinski definition) is 6. The molecule has 0 aliphatic rings. The molecule has 3 N–H and O–H groups in total. The molecule has 1 unspecified atom stereocenters. The van der Waals surface area contributed by atoms with Gasteiger partial charge < -0.3 is 20.9 Å². The second kappa shape index (κ2) is 7.44. The van der Waals surface area contributed by atoms with Gasteiger partial charge in [0.05, 0.1) is 0 Å². The number of carbonyl (C=O) groups excluding carboxylic acids is 1. The summed E-state index contributed by atoms with van der Waals surface area (Å²) < 4.78 is 0. The van der Waals surface area contributed by atoms with Crippen LogP contribution in [0, 0.1) is 0 Å². The number of rotatable bonds is 7. The van der Waals surface area contributed by atoms with Crippen molar-refractivity contribution in [3.63, 3.8) is 0 Å². The first-order chi connectivity index (χ1) is 9.36. The summed E-state index contributed by atoms with van der Waals surface area (Å²) in [4.78, 5) is 21.0. The molecule has 114 valence electrons. The van der Waals surface area contributed by atoms with Crippen LogP contribution in [0.15, 0.2) is 0 Å². The zero-order valence-electron chi connectivity index (χ0n) is 12.9. The van der Waals surface area contributed by atoms with Crippen molar-refractivity contribution < 1.29 is 4.79 Å². The first-order valence-electron chi connectivity index (χ1n) is 6.78. The van der Waals surface area contributed by atoms with Crippen LogP contribution in [0.25, 0.3) is 0 Å². The molecule has 6 nitrogen and oxygen atoms in total. The second-order valence-electron chi connectivity index (χ2n) is 5.16. The van der Waals surface area contributed by atoms with Crippen LogP contribution in [0.1, 0.15) is 29.9 Å². The Hall–Kier alpha value is -1.34. The molecule has 1 heterocycles. The number of thiazole rings is 1. The van der Waals surface area contributed by atoms with E-state index in [1.165, 1.54) is 11.3 Å². The van der Waals surface area contributed by atoms with Crippen molar-refractivity contribution in [2.75, 3.05) is 44.9 Å². The van der Waals surface area contributed by atoms with Gasteiger partial charge in [-0.05, 0) is 27.4 Å². The van der Waals surface area contributed by atoms with Crippen molar-refractivity contribution in [2.45, 2.75) is 26.3 Å². The third-order valence-electron chi connectivity index (χ3n) is 3.17. The Morgan fingerprint density at radius 2 is 2.10 bits per heavy atom. The lowest BCUT2D eigenvalue weighted by atomic mass is 10.3. The van der Waals surface area contributed by atoms with Crippen molar-refractivity contribution in [3.05, 3.63) is 4.88 Å². The van der Waals surface area contributed by atoms with Gasteiger partial charge in [0.25, 0.3) is 5.91 Å². The lowest BCUT2D eigenvalue weighted by molar-refractivity contribution is 0.0948. The van der Waals surface area contributed by atoms with Crippen molar-refractivity contribution in [1.82, 2.24) is 15.2 Å². The van der Waals surface area contributed by atoms with Crippen molar-refractivity contribution in [3.8, 4) is 0 Å². The smallest absolute Gasteiger partial charge is 0.265 e. The van der Waals surface area contributed by atoms with Gasteiger partial charge in [-0.15, -0.1) is 0 Å². The Bertz CT molecular complexity index is 446. The fraction of sp³-hybridized carbons (Fsp3) is 0.692. The highest BCUT2D eigenvalue weighted by atomic mass is 32.1. The molecule has 1 aromatic heterocycles. The zero-order valence-corrected chi connectivity index (χ0v) is 13.8. The van der Waals surface area contributed by atoms with Gasteiger partial charge in [0.15, 0.2) is 5.13 Å². The third kappa shape index (κ3) is 4.35. The molecule has 0 saturated heterocycles. The highest BCUT2D eigenvalue weighted by Crippen LogP contribution is 2.27. The molecule has 0 aromatic carbocycles. The van der Waals surface area contributed by atoms with Gasteiger partial charge in [0.1, 0.15) is 10.7 Å². The minimum atomic E-state index is -0.148. The molecule has 0 aliphatic carbocycles. The Kier molecular flexibility index (Phi) is 6.22. The van der Waals surface area contributed by atoms with E-state index in [0.29, 0.717) is 17.2 Å². The summed E-state index contributed by atoms with van der Waals surface area (Å²) in [5.74, 6) is 0.160. The van der Waals surface area contributed by atoms with Gasteiger partial charge in [0.2, 0.25) is 0 Å². The van der Waals surface area contributed by atoms with E-state index >= 15 is 0 Å². The largest absolute Gasteiger partial charge is 0.382 e. The predicted molar refractivity (Wildman–Crippen MR) is 85.6 cm³/mol. The molecule has 1 aromatic rings. The highest BCUT2D eigenvalue weighted by molar-refractivity contribution is 7.18. The summed E-state index contributed by atoms with van der Waals surface area (Å²) in [6.45, 7) is 5.63. The fourth-order valence-corrected chi connectivity index (χ4v) is 2.47. The summed E-state index contributed by atoms with van der Waals surface area (Å²) in [6, 6.07) is 0.273. The minimum Gasteiger partial charge on any atom is -0.382 e. The maximum Gasteiger partial charge on any atom is 0.265 e. The number of nitrogen functional groups attached to an aromatic ring is 1. The number of anilines is 2. The standard InChI is InChI=1S/C13H25N5OS/c1-6-7-18(5)13-16-11(14)10(20-13)12(19)15-8-9(2)17(3)4/h9H,6-8,14H2,1-5H3,(H,15,19). The summed E-state index contributed by atoms with van der Waals surface area (Å²) in [5.41, 5.74) is 5.84. The number of nitrogens with zero attached hydrogens (tertiary/aromatic N) is 3. The fourth-order valence-electron chi connectivity index (χ4n) is 1.58. The topological polar surface area (TPSA) is 74.5 Å². The Morgan fingerprint density at radius 1 is 1.45 bits per heavy atom. The average molecular weight is 299 g/mol.